The van der Waals surface area contributed by atoms with E-state index in [1.165, 1.54) is 12.1 Å². The number of fused-ring (bicyclic) bond motifs is 1. The van der Waals surface area contributed by atoms with Gasteiger partial charge in [0, 0.05) is 22.1 Å². The first-order valence-electron chi connectivity index (χ1n) is 8.68. The minimum absolute atomic E-state index is 0.0187. The van der Waals surface area contributed by atoms with Crippen molar-refractivity contribution in [3.05, 3.63) is 70.4 Å². The molecule has 0 unspecified atom stereocenters. The Morgan fingerprint density at radius 1 is 1.10 bits per heavy atom. The number of aryl methyl sites for hydroxylation is 1. The summed E-state index contributed by atoms with van der Waals surface area (Å²) in [6, 6.07) is 12.4. The van der Waals surface area contributed by atoms with Crippen LogP contribution in [0.3, 0.4) is 0 Å². The third-order valence-electron chi connectivity index (χ3n) is 4.41. The summed E-state index contributed by atoms with van der Waals surface area (Å²) in [6.45, 7) is 1.85. The number of nitrogens with one attached hydrogen (secondary N) is 2. The van der Waals surface area contributed by atoms with Crippen molar-refractivity contribution in [1.29, 1.82) is 0 Å². The van der Waals surface area contributed by atoms with E-state index in [2.05, 4.69) is 15.1 Å². The zero-order valence-corrected chi connectivity index (χ0v) is 17.7. The number of benzene rings is 2. The van der Waals surface area contributed by atoms with E-state index in [1.807, 2.05) is 6.92 Å². The average molecular weight is 449 g/mol. The number of nitrogens with zero attached hydrogens (tertiary/aromatic N) is 2. The third kappa shape index (κ3) is 4.12. The number of sulfonamides is 1. The van der Waals surface area contributed by atoms with Crippen LogP contribution in [0.5, 0.6) is 0 Å². The first-order valence-corrected chi connectivity index (χ1v) is 11.7. The number of rotatable bonds is 4. The summed E-state index contributed by atoms with van der Waals surface area (Å²) in [6.07, 6.45) is 0. The highest BCUT2D eigenvalue weighted by Gasteiger charge is 2.26. The second kappa shape index (κ2) is 7.74. The lowest BCUT2D eigenvalue weighted by molar-refractivity contribution is 0.256. The Hall–Kier alpha value is -2.49. The standard InChI is InChI=1S/C19H17ClN4O3S2/c1-12-2-8-15(9-3-12)29(26,27)23-19(25)21-18-16-10-28-11-17(16)22-24(18)14-6-4-13(20)5-7-14/h2-9H,10-11H2,1H3,(H2,21,23,25). The molecule has 0 aliphatic carbocycles. The number of hydrogen-bond donors (Lipinski definition) is 2. The Labute approximate surface area is 177 Å². The van der Waals surface area contributed by atoms with Crippen LogP contribution in [0.4, 0.5) is 10.6 Å². The van der Waals surface area contributed by atoms with E-state index in [-0.39, 0.29) is 4.90 Å². The number of urea groups is 1. The summed E-state index contributed by atoms with van der Waals surface area (Å²) in [4.78, 5) is 12.6. The predicted molar refractivity (Wildman–Crippen MR) is 114 cm³/mol. The van der Waals surface area contributed by atoms with Crippen molar-refractivity contribution in [3.63, 3.8) is 0 Å². The number of thioether (sulfide) groups is 1. The first kappa shape index (κ1) is 19.8. The molecule has 0 saturated heterocycles. The Bertz CT molecular complexity index is 1170. The smallest absolute Gasteiger partial charge is 0.291 e. The van der Waals surface area contributed by atoms with Crippen LogP contribution in [0.1, 0.15) is 16.8 Å². The second-order valence-corrected chi connectivity index (χ2v) is 9.63. The third-order valence-corrected chi connectivity index (χ3v) is 6.98. The van der Waals surface area contributed by atoms with E-state index in [0.717, 1.165) is 22.6 Å². The Morgan fingerprint density at radius 3 is 2.48 bits per heavy atom. The van der Waals surface area contributed by atoms with Gasteiger partial charge in [0.05, 0.1) is 16.3 Å². The molecule has 3 aromatic rings. The van der Waals surface area contributed by atoms with Gasteiger partial charge in [0.2, 0.25) is 0 Å². The SMILES string of the molecule is Cc1ccc(S(=O)(=O)NC(=O)Nc2c3c(nn2-c2ccc(Cl)cc2)CSC3)cc1. The van der Waals surface area contributed by atoms with Crippen molar-refractivity contribution in [3.8, 4) is 5.69 Å². The first-order chi connectivity index (χ1) is 13.8. The number of amides is 2. The lowest BCUT2D eigenvalue weighted by atomic mass is 10.2. The Morgan fingerprint density at radius 2 is 1.79 bits per heavy atom. The zero-order chi connectivity index (χ0) is 20.6. The van der Waals surface area contributed by atoms with Gasteiger partial charge in [-0.05, 0) is 43.3 Å². The summed E-state index contributed by atoms with van der Waals surface area (Å²) < 4.78 is 28.6. The molecule has 2 aromatic carbocycles. The topological polar surface area (TPSA) is 93.1 Å². The normalized spacial score (nSPS) is 13.2. The molecule has 29 heavy (non-hydrogen) atoms. The molecule has 0 spiro atoms. The molecule has 0 fully saturated rings. The van der Waals surface area contributed by atoms with E-state index in [4.69, 9.17) is 11.6 Å². The average Bonchev–Trinajstić information content (AvgIpc) is 3.25. The lowest BCUT2D eigenvalue weighted by Gasteiger charge is -2.12. The molecule has 2 heterocycles. The Balaban J connectivity index is 1.61. The van der Waals surface area contributed by atoms with Gasteiger partial charge in [-0.3, -0.25) is 5.32 Å². The zero-order valence-electron chi connectivity index (χ0n) is 15.3. The molecule has 0 bridgehead atoms. The van der Waals surface area contributed by atoms with Gasteiger partial charge >= 0.3 is 6.03 Å². The molecule has 10 heteroatoms. The predicted octanol–water partition coefficient (Wildman–Crippen LogP) is 4.09. The molecular formula is C19H17ClN4O3S2. The van der Waals surface area contributed by atoms with Crippen LogP contribution < -0.4 is 10.0 Å². The highest BCUT2D eigenvalue weighted by molar-refractivity contribution is 7.98. The molecule has 7 nitrogen and oxygen atoms in total. The van der Waals surface area contributed by atoms with Gasteiger partial charge in [-0.2, -0.15) is 16.9 Å². The molecule has 1 aliphatic heterocycles. The summed E-state index contributed by atoms with van der Waals surface area (Å²) in [5.74, 6) is 1.86. The minimum Gasteiger partial charge on any atom is -0.291 e. The summed E-state index contributed by atoms with van der Waals surface area (Å²) in [7, 11) is -3.99. The lowest BCUT2D eigenvalue weighted by Crippen LogP contribution is -2.35. The molecule has 0 saturated carbocycles. The van der Waals surface area contributed by atoms with Crippen molar-refractivity contribution < 1.29 is 13.2 Å². The molecule has 0 atom stereocenters. The number of aromatic nitrogens is 2. The molecule has 2 amide bonds. The number of hydrogen-bond acceptors (Lipinski definition) is 5. The number of anilines is 1. The Kier molecular flexibility index (Phi) is 5.28. The molecule has 0 radical (unpaired) electrons. The van der Waals surface area contributed by atoms with Gasteiger partial charge < -0.3 is 0 Å². The van der Waals surface area contributed by atoms with Crippen molar-refractivity contribution in [2.75, 3.05) is 5.32 Å². The van der Waals surface area contributed by atoms with E-state index < -0.39 is 16.1 Å². The van der Waals surface area contributed by atoms with Crippen molar-refractivity contribution in [2.24, 2.45) is 0 Å². The van der Waals surface area contributed by atoms with E-state index in [1.54, 1.807) is 52.8 Å². The number of carbonyl (C=O) groups is 1. The van der Waals surface area contributed by atoms with Crippen molar-refractivity contribution >= 4 is 45.2 Å². The van der Waals surface area contributed by atoms with Crippen LogP contribution in [0.25, 0.3) is 5.69 Å². The quantitative estimate of drug-likeness (QED) is 0.627. The van der Waals surface area contributed by atoms with E-state index in [0.29, 0.717) is 22.3 Å². The molecule has 4 rings (SSSR count). The molecule has 150 valence electrons. The van der Waals surface area contributed by atoms with Crippen LogP contribution >= 0.6 is 23.4 Å². The summed E-state index contributed by atoms with van der Waals surface area (Å²) in [5, 5.41) is 7.82. The van der Waals surface area contributed by atoms with Gasteiger partial charge in [0.25, 0.3) is 10.0 Å². The fourth-order valence-electron chi connectivity index (χ4n) is 2.94. The van der Waals surface area contributed by atoms with E-state index in [9.17, 15) is 13.2 Å². The summed E-state index contributed by atoms with van der Waals surface area (Å²) in [5.41, 5.74) is 3.38. The maximum atomic E-state index is 12.5. The maximum absolute atomic E-state index is 12.5. The summed E-state index contributed by atoms with van der Waals surface area (Å²) >= 11 is 7.64. The molecule has 2 N–H and O–H groups in total. The maximum Gasteiger partial charge on any atom is 0.334 e. The fourth-order valence-corrected chi connectivity index (χ4v) is 5.01. The number of carbonyl (C=O) groups excluding carboxylic acids is 1. The van der Waals surface area contributed by atoms with Gasteiger partial charge in [-0.25, -0.2) is 22.6 Å². The van der Waals surface area contributed by atoms with Gasteiger partial charge in [0.15, 0.2) is 0 Å². The van der Waals surface area contributed by atoms with Crippen molar-refractivity contribution in [2.45, 2.75) is 23.3 Å². The highest BCUT2D eigenvalue weighted by atomic mass is 35.5. The van der Waals surface area contributed by atoms with Crippen LogP contribution in [-0.2, 0) is 21.5 Å². The molecular weight excluding hydrogens is 432 g/mol. The van der Waals surface area contributed by atoms with Crippen LogP contribution in [-0.4, -0.2) is 24.2 Å². The molecule has 1 aromatic heterocycles. The highest BCUT2D eigenvalue weighted by Crippen LogP contribution is 2.36. The monoisotopic (exact) mass is 448 g/mol. The minimum atomic E-state index is -3.99. The second-order valence-electron chi connectivity index (χ2n) is 6.53. The van der Waals surface area contributed by atoms with Gasteiger partial charge in [-0.1, -0.05) is 29.3 Å². The molecule has 1 aliphatic rings. The van der Waals surface area contributed by atoms with Gasteiger partial charge in [0.1, 0.15) is 5.82 Å². The largest absolute Gasteiger partial charge is 0.334 e. The van der Waals surface area contributed by atoms with Crippen LogP contribution in [0.2, 0.25) is 5.02 Å². The van der Waals surface area contributed by atoms with Gasteiger partial charge in [-0.15, -0.1) is 0 Å². The van der Waals surface area contributed by atoms with Crippen molar-refractivity contribution in [1.82, 2.24) is 14.5 Å². The van der Waals surface area contributed by atoms with Crippen LogP contribution in [0, 0.1) is 6.92 Å². The fraction of sp³-hybridized carbons (Fsp3) is 0.158. The van der Waals surface area contributed by atoms with E-state index >= 15 is 0 Å². The number of halogens is 1. The van der Waals surface area contributed by atoms with Crippen LogP contribution in [0.15, 0.2) is 53.4 Å².